The number of benzene rings is 1. The molecule has 1 unspecified atom stereocenters. The summed E-state index contributed by atoms with van der Waals surface area (Å²) < 4.78 is 0. The van der Waals surface area contributed by atoms with E-state index in [2.05, 4.69) is 29.5 Å². The highest BCUT2D eigenvalue weighted by molar-refractivity contribution is 7.13. The second-order valence-corrected chi connectivity index (χ2v) is 5.16. The van der Waals surface area contributed by atoms with Crippen LogP contribution in [0.1, 0.15) is 32.0 Å². The van der Waals surface area contributed by atoms with Crippen molar-refractivity contribution in [3.63, 3.8) is 0 Å². The van der Waals surface area contributed by atoms with Gasteiger partial charge in [0.15, 0.2) is 0 Å². The Morgan fingerprint density at radius 2 is 2.28 bits per heavy atom. The second-order valence-electron chi connectivity index (χ2n) is 4.30. The Morgan fingerprint density at radius 1 is 1.44 bits per heavy atom. The molecular formula is C14H18N2OS. The summed E-state index contributed by atoms with van der Waals surface area (Å²) in [4.78, 5) is 4.62. The van der Waals surface area contributed by atoms with Gasteiger partial charge in [0, 0.05) is 17.0 Å². The van der Waals surface area contributed by atoms with Crippen LogP contribution in [0.2, 0.25) is 0 Å². The van der Waals surface area contributed by atoms with Crippen molar-refractivity contribution in [1.82, 2.24) is 10.3 Å². The number of nitrogens with one attached hydrogen (secondary N) is 1. The van der Waals surface area contributed by atoms with Crippen LogP contribution in [-0.2, 0) is 0 Å². The van der Waals surface area contributed by atoms with Crippen LogP contribution in [-0.4, -0.2) is 16.6 Å². The van der Waals surface area contributed by atoms with Crippen LogP contribution in [0.4, 0.5) is 0 Å². The van der Waals surface area contributed by atoms with Crippen molar-refractivity contribution in [1.29, 1.82) is 0 Å². The Bertz CT molecular complexity index is 510. The Labute approximate surface area is 112 Å². The molecule has 4 heteroatoms. The molecule has 96 valence electrons. The normalized spacial score (nSPS) is 12.6. The summed E-state index contributed by atoms with van der Waals surface area (Å²) in [7, 11) is 0. The molecule has 18 heavy (non-hydrogen) atoms. The molecule has 2 aromatic rings. The SMILES string of the molecule is CCCNC(C)c1csc(-c2cccc(O)c2)n1. The molecule has 2 N–H and O–H groups in total. The maximum absolute atomic E-state index is 9.47. The van der Waals surface area contributed by atoms with Crippen LogP contribution in [0.3, 0.4) is 0 Å². The minimum absolute atomic E-state index is 0.271. The van der Waals surface area contributed by atoms with E-state index in [1.54, 1.807) is 23.5 Å². The fourth-order valence-corrected chi connectivity index (χ4v) is 2.63. The van der Waals surface area contributed by atoms with Crippen molar-refractivity contribution in [2.75, 3.05) is 6.54 Å². The Balaban J connectivity index is 2.15. The first-order chi connectivity index (χ1) is 8.70. The van der Waals surface area contributed by atoms with Crippen LogP contribution in [0.15, 0.2) is 29.6 Å². The zero-order chi connectivity index (χ0) is 13.0. The van der Waals surface area contributed by atoms with Crippen LogP contribution in [0.5, 0.6) is 5.75 Å². The third-order valence-electron chi connectivity index (χ3n) is 2.76. The van der Waals surface area contributed by atoms with E-state index in [-0.39, 0.29) is 11.8 Å². The maximum Gasteiger partial charge on any atom is 0.123 e. The highest BCUT2D eigenvalue weighted by atomic mass is 32.1. The van der Waals surface area contributed by atoms with Gasteiger partial charge in [0.05, 0.1) is 5.69 Å². The number of phenols is 1. The number of rotatable bonds is 5. The molecule has 2 rings (SSSR count). The highest BCUT2D eigenvalue weighted by Crippen LogP contribution is 2.28. The average molecular weight is 262 g/mol. The standard InChI is InChI=1S/C14H18N2OS/c1-3-7-15-10(2)13-9-18-14(16-13)11-5-4-6-12(17)8-11/h4-6,8-10,15,17H,3,7H2,1-2H3. The third kappa shape index (κ3) is 3.09. The molecular weight excluding hydrogens is 244 g/mol. The lowest BCUT2D eigenvalue weighted by atomic mass is 10.2. The lowest BCUT2D eigenvalue weighted by Crippen LogP contribution is -2.19. The monoisotopic (exact) mass is 262 g/mol. The molecule has 0 radical (unpaired) electrons. The summed E-state index contributed by atoms with van der Waals surface area (Å²) in [6.07, 6.45) is 1.12. The molecule has 1 atom stereocenters. The minimum atomic E-state index is 0.271. The minimum Gasteiger partial charge on any atom is -0.508 e. The van der Waals surface area contributed by atoms with Gasteiger partial charge in [0.25, 0.3) is 0 Å². The van der Waals surface area contributed by atoms with Gasteiger partial charge in [-0.05, 0) is 32.0 Å². The number of hydrogen-bond donors (Lipinski definition) is 2. The van der Waals surface area contributed by atoms with Crippen LogP contribution in [0.25, 0.3) is 10.6 Å². The molecule has 1 aromatic heterocycles. The molecule has 0 saturated carbocycles. The first-order valence-corrected chi connectivity index (χ1v) is 7.07. The second kappa shape index (κ2) is 5.98. The van der Waals surface area contributed by atoms with Gasteiger partial charge < -0.3 is 10.4 Å². The smallest absolute Gasteiger partial charge is 0.123 e. The summed E-state index contributed by atoms with van der Waals surface area (Å²) >= 11 is 1.61. The molecule has 1 aromatic carbocycles. The van der Waals surface area contributed by atoms with E-state index in [1.165, 1.54) is 0 Å². The van der Waals surface area contributed by atoms with Gasteiger partial charge in [-0.15, -0.1) is 11.3 Å². The predicted octanol–water partition coefficient (Wildman–Crippen LogP) is 3.58. The number of aromatic hydroxyl groups is 1. The lowest BCUT2D eigenvalue weighted by molar-refractivity contribution is 0.475. The lowest BCUT2D eigenvalue weighted by Gasteiger charge is -2.09. The summed E-state index contributed by atoms with van der Waals surface area (Å²) in [6.45, 7) is 5.27. The van der Waals surface area contributed by atoms with Crippen LogP contribution >= 0.6 is 11.3 Å². The van der Waals surface area contributed by atoms with E-state index < -0.39 is 0 Å². The molecule has 1 heterocycles. The predicted molar refractivity (Wildman–Crippen MR) is 75.9 cm³/mol. The average Bonchev–Trinajstić information content (AvgIpc) is 2.85. The van der Waals surface area contributed by atoms with Crippen molar-refractivity contribution in [3.05, 3.63) is 35.3 Å². The van der Waals surface area contributed by atoms with Crippen molar-refractivity contribution in [2.24, 2.45) is 0 Å². The number of hydrogen-bond acceptors (Lipinski definition) is 4. The van der Waals surface area contributed by atoms with E-state index in [0.29, 0.717) is 0 Å². The first kappa shape index (κ1) is 13.1. The summed E-state index contributed by atoms with van der Waals surface area (Å²) in [6, 6.07) is 7.49. The molecule has 0 saturated heterocycles. The summed E-state index contributed by atoms with van der Waals surface area (Å²) in [5, 5.41) is 15.9. The molecule has 0 spiro atoms. The van der Waals surface area contributed by atoms with Crippen molar-refractivity contribution in [3.8, 4) is 16.3 Å². The van der Waals surface area contributed by atoms with Crippen molar-refractivity contribution >= 4 is 11.3 Å². The van der Waals surface area contributed by atoms with E-state index in [4.69, 9.17) is 0 Å². The third-order valence-corrected chi connectivity index (χ3v) is 3.67. The number of nitrogens with zero attached hydrogens (tertiary/aromatic N) is 1. The largest absolute Gasteiger partial charge is 0.508 e. The van der Waals surface area contributed by atoms with Gasteiger partial charge in [-0.1, -0.05) is 19.1 Å². The number of thiazole rings is 1. The zero-order valence-electron chi connectivity index (χ0n) is 10.7. The van der Waals surface area contributed by atoms with Crippen LogP contribution < -0.4 is 5.32 Å². The van der Waals surface area contributed by atoms with Gasteiger partial charge in [-0.3, -0.25) is 0 Å². The van der Waals surface area contributed by atoms with Crippen molar-refractivity contribution < 1.29 is 5.11 Å². The van der Waals surface area contributed by atoms with Gasteiger partial charge in [0.1, 0.15) is 10.8 Å². The molecule has 0 amide bonds. The van der Waals surface area contributed by atoms with Crippen molar-refractivity contribution in [2.45, 2.75) is 26.3 Å². The van der Waals surface area contributed by atoms with Gasteiger partial charge in [-0.25, -0.2) is 4.98 Å². The van der Waals surface area contributed by atoms with Gasteiger partial charge in [-0.2, -0.15) is 0 Å². The summed E-state index contributed by atoms with van der Waals surface area (Å²) in [5.41, 5.74) is 2.03. The fraction of sp³-hybridized carbons (Fsp3) is 0.357. The highest BCUT2D eigenvalue weighted by Gasteiger charge is 2.10. The summed E-state index contributed by atoms with van der Waals surface area (Å²) in [5.74, 6) is 0.279. The van der Waals surface area contributed by atoms with Gasteiger partial charge >= 0.3 is 0 Å². The van der Waals surface area contributed by atoms with E-state index in [9.17, 15) is 5.11 Å². The quantitative estimate of drug-likeness (QED) is 0.865. The maximum atomic E-state index is 9.47. The molecule has 0 aliphatic carbocycles. The topological polar surface area (TPSA) is 45.1 Å². The molecule has 0 fully saturated rings. The van der Waals surface area contributed by atoms with Gasteiger partial charge in [0.2, 0.25) is 0 Å². The molecule has 0 aliphatic rings. The van der Waals surface area contributed by atoms with E-state index in [1.807, 2.05) is 12.1 Å². The first-order valence-electron chi connectivity index (χ1n) is 6.19. The molecule has 0 aliphatic heterocycles. The number of phenolic OH excluding ortho intramolecular Hbond substituents is 1. The fourth-order valence-electron chi connectivity index (χ4n) is 1.72. The molecule has 0 bridgehead atoms. The molecule has 3 nitrogen and oxygen atoms in total. The van der Waals surface area contributed by atoms with Crippen LogP contribution in [0, 0.1) is 0 Å². The van der Waals surface area contributed by atoms with E-state index >= 15 is 0 Å². The zero-order valence-corrected chi connectivity index (χ0v) is 11.5. The Morgan fingerprint density at radius 3 is 3.00 bits per heavy atom. The Kier molecular flexibility index (Phi) is 4.33. The van der Waals surface area contributed by atoms with E-state index in [0.717, 1.165) is 29.2 Å². The number of aromatic nitrogens is 1. The Hall–Kier alpha value is -1.39.